The number of amides is 1. The molecular formula is C21H23N3O3. The van der Waals surface area contributed by atoms with E-state index >= 15 is 0 Å². The standard InChI is InChI=1S/C21H23N3O3/c1-15(2)19(21-23-20(24-27-21)17-11-7-4-8-12-17)22-18(25)14-26-13-16-9-5-3-6-10-16/h3-12,15,19H,13-14H2,1-2H3,(H,22,25)/t19-/m0/s1. The van der Waals surface area contributed by atoms with Crippen molar-refractivity contribution < 1.29 is 14.1 Å². The van der Waals surface area contributed by atoms with Crippen molar-refractivity contribution in [1.29, 1.82) is 0 Å². The van der Waals surface area contributed by atoms with Crippen molar-refractivity contribution in [3.63, 3.8) is 0 Å². The van der Waals surface area contributed by atoms with Gasteiger partial charge >= 0.3 is 0 Å². The summed E-state index contributed by atoms with van der Waals surface area (Å²) in [5.41, 5.74) is 1.89. The molecule has 1 atom stereocenters. The molecule has 0 bridgehead atoms. The van der Waals surface area contributed by atoms with Crippen molar-refractivity contribution in [3.8, 4) is 11.4 Å². The molecule has 6 nitrogen and oxygen atoms in total. The van der Waals surface area contributed by atoms with E-state index in [2.05, 4.69) is 15.5 Å². The number of aromatic nitrogens is 2. The second-order valence-electron chi connectivity index (χ2n) is 6.59. The SMILES string of the molecule is CC(C)[C@H](NC(=O)COCc1ccccc1)c1nc(-c2ccccc2)no1. The molecule has 1 aromatic heterocycles. The van der Waals surface area contributed by atoms with Crippen LogP contribution in [0, 0.1) is 5.92 Å². The van der Waals surface area contributed by atoms with E-state index in [0.717, 1.165) is 11.1 Å². The zero-order chi connectivity index (χ0) is 19.1. The van der Waals surface area contributed by atoms with E-state index < -0.39 is 0 Å². The lowest BCUT2D eigenvalue weighted by Crippen LogP contribution is -2.34. The van der Waals surface area contributed by atoms with Crippen molar-refractivity contribution in [2.45, 2.75) is 26.5 Å². The maximum atomic E-state index is 12.3. The third-order valence-corrected chi connectivity index (χ3v) is 4.07. The molecular weight excluding hydrogens is 342 g/mol. The van der Waals surface area contributed by atoms with Gasteiger partial charge in [0.15, 0.2) is 0 Å². The molecule has 0 unspecified atom stereocenters. The lowest BCUT2D eigenvalue weighted by molar-refractivity contribution is -0.127. The Labute approximate surface area is 158 Å². The van der Waals surface area contributed by atoms with Gasteiger partial charge in [-0.3, -0.25) is 4.79 Å². The second-order valence-corrected chi connectivity index (χ2v) is 6.59. The fourth-order valence-electron chi connectivity index (χ4n) is 2.63. The summed E-state index contributed by atoms with van der Waals surface area (Å²) in [7, 11) is 0. The minimum absolute atomic E-state index is 0.0300. The number of carbonyl (C=O) groups excluding carboxylic acids is 1. The van der Waals surface area contributed by atoms with Gasteiger partial charge in [0.05, 0.1) is 6.61 Å². The molecule has 140 valence electrons. The largest absolute Gasteiger partial charge is 0.367 e. The van der Waals surface area contributed by atoms with Crippen LogP contribution in [0.3, 0.4) is 0 Å². The lowest BCUT2D eigenvalue weighted by atomic mass is 10.0. The Balaban J connectivity index is 1.59. The molecule has 0 saturated heterocycles. The zero-order valence-corrected chi connectivity index (χ0v) is 15.5. The maximum Gasteiger partial charge on any atom is 0.249 e. The van der Waals surface area contributed by atoms with Gasteiger partial charge < -0.3 is 14.6 Å². The van der Waals surface area contributed by atoms with E-state index in [9.17, 15) is 4.79 Å². The molecule has 1 amide bonds. The molecule has 0 saturated carbocycles. The minimum Gasteiger partial charge on any atom is -0.367 e. The first-order valence-corrected chi connectivity index (χ1v) is 8.93. The Morgan fingerprint density at radius 1 is 1.07 bits per heavy atom. The molecule has 0 spiro atoms. The van der Waals surface area contributed by atoms with Crippen LogP contribution in [0.25, 0.3) is 11.4 Å². The Bertz CT molecular complexity index is 847. The maximum absolute atomic E-state index is 12.3. The number of nitrogens with zero attached hydrogens (tertiary/aromatic N) is 2. The molecule has 0 aliphatic rings. The van der Waals surface area contributed by atoms with E-state index in [-0.39, 0.29) is 24.5 Å². The molecule has 2 aromatic carbocycles. The molecule has 0 aliphatic heterocycles. The van der Waals surface area contributed by atoms with Crippen LogP contribution in [0.5, 0.6) is 0 Å². The minimum atomic E-state index is -0.372. The number of carbonyl (C=O) groups is 1. The van der Waals surface area contributed by atoms with E-state index in [4.69, 9.17) is 9.26 Å². The van der Waals surface area contributed by atoms with Crippen molar-refractivity contribution in [1.82, 2.24) is 15.5 Å². The van der Waals surface area contributed by atoms with Crippen LogP contribution < -0.4 is 5.32 Å². The van der Waals surface area contributed by atoms with Gasteiger partial charge in [-0.1, -0.05) is 79.7 Å². The normalized spacial score (nSPS) is 12.1. The summed E-state index contributed by atoms with van der Waals surface area (Å²) < 4.78 is 10.9. The second kappa shape index (κ2) is 9.09. The van der Waals surface area contributed by atoms with E-state index in [0.29, 0.717) is 18.3 Å². The molecule has 3 rings (SSSR count). The van der Waals surface area contributed by atoms with Gasteiger partial charge in [0.1, 0.15) is 12.6 Å². The van der Waals surface area contributed by atoms with Gasteiger partial charge in [-0.25, -0.2) is 0 Å². The molecule has 1 heterocycles. The monoisotopic (exact) mass is 365 g/mol. The number of ether oxygens (including phenoxy) is 1. The average molecular weight is 365 g/mol. The first-order valence-electron chi connectivity index (χ1n) is 8.93. The summed E-state index contributed by atoms with van der Waals surface area (Å²) in [6, 6.07) is 18.9. The fourth-order valence-corrected chi connectivity index (χ4v) is 2.63. The van der Waals surface area contributed by atoms with Crippen LogP contribution in [-0.2, 0) is 16.1 Å². The van der Waals surface area contributed by atoms with Crippen molar-refractivity contribution in [2.24, 2.45) is 5.92 Å². The van der Waals surface area contributed by atoms with E-state index in [1.807, 2.05) is 74.5 Å². The van der Waals surface area contributed by atoms with Crippen molar-refractivity contribution >= 4 is 5.91 Å². The Morgan fingerprint density at radius 2 is 1.74 bits per heavy atom. The first-order chi connectivity index (χ1) is 13.1. The zero-order valence-electron chi connectivity index (χ0n) is 15.5. The number of nitrogens with one attached hydrogen (secondary N) is 1. The summed E-state index contributed by atoms with van der Waals surface area (Å²) in [5, 5.41) is 6.95. The fraction of sp³-hybridized carbons (Fsp3) is 0.286. The van der Waals surface area contributed by atoms with Crippen LogP contribution in [0.1, 0.15) is 31.3 Å². The number of rotatable bonds is 8. The van der Waals surface area contributed by atoms with Crippen LogP contribution >= 0.6 is 0 Å². The van der Waals surface area contributed by atoms with Gasteiger partial charge in [0.25, 0.3) is 0 Å². The predicted octanol–water partition coefficient (Wildman–Crippen LogP) is 3.77. The predicted molar refractivity (Wildman–Crippen MR) is 102 cm³/mol. The lowest BCUT2D eigenvalue weighted by Gasteiger charge is -2.18. The first kappa shape index (κ1) is 18.8. The van der Waals surface area contributed by atoms with Crippen LogP contribution in [0.4, 0.5) is 0 Å². The molecule has 3 aromatic rings. The smallest absolute Gasteiger partial charge is 0.249 e. The highest BCUT2D eigenvalue weighted by Crippen LogP contribution is 2.23. The Morgan fingerprint density at radius 3 is 2.41 bits per heavy atom. The van der Waals surface area contributed by atoms with E-state index in [1.54, 1.807) is 0 Å². The highest BCUT2D eigenvalue weighted by Gasteiger charge is 2.24. The van der Waals surface area contributed by atoms with Gasteiger partial charge in [-0.15, -0.1) is 0 Å². The van der Waals surface area contributed by atoms with Gasteiger partial charge in [-0.05, 0) is 11.5 Å². The summed E-state index contributed by atoms with van der Waals surface area (Å²) in [6.45, 7) is 4.33. The highest BCUT2D eigenvalue weighted by atomic mass is 16.5. The molecule has 27 heavy (non-hydrogen) atoms. The topological polar surface area (TPSA) is 77.2 Å². The average Bonchev–Trinajstić information content (AvgIpc) is 3.17. The van der Waals surface area contributed by atoms with Crippen LogP contribution in [0.15, 0.2) is 65.2 Å². The Hall–Kier alpha value is -2.99. The molecule has 1 N–H and O–H groups in total. The quantitative estimate of drug-likeness (QED) is 0.657. The van der Waals surface area contributed by atoms with Crippen LogP contribution in [0.2, 0.25) is 0 Å². The van der Waals surface area contributed by atoms with Crippen LogP contribution in [-0.4, -0.2) is 22.7 Å². The van der Waals surface area contributed by atoms with E-state index in [1.165, 1.54) is 0 Å². The van der Waals surface area contributed by atoms with Gasteiger partial charge in [0.2, 0.25) is 17.6 Å². The third-order valence-electron chi connectivity index (χ3n) is 4.07. The number of hydrogen-bond donors (Lipinski definition) is 1. The van der Waals surface area contributed by atoms with Crippen molar-refractivity contribution in [2.75, 3.05) is 6.61 Å². The summed E-state index contributed by atoms with van der Waals surface area (Å²) >= 11 is 0. The summed E-state index contributed by atoms with van der Waals surface area (Å²) in [5.74, 6) is 0.766. The number of benzene rings is 2. The molecule has 6 heteroatoms. The summed E-state index contributed by atoms with van der Waals surface area (Å²) in [6.07, 6.45) is 0. The van der Waals surface area contributed by atoms with Gasteiger partial charge in [-0.2, -0.15) is 4.98 Å². The van der Waals surface area contributed by atoms with Crippen molar-refractivity contribution in [3.05, 3.63) is 72.1 Å². The Kier molecular flexibility index (Phi) is 6.33. The number of hydrogen-bond acceptors (Lipinski definition) is 5. The highest BCUT2D eigenvalue weighted by molar-refractivity contribution is 5.77. The molecule has 0 aliphatic carbocycles. The molecule has 0 radical (unpaired) electrons. The molecule has 0 fully saturated rings. The third kappa shape index (κ3) is 5.24. The summed E-state index contributed by atoms with van der Waals surface area (Å²) in [4.78, 5) is 16.7. The van der Waals surface area contributed by atoms with Gasteiger partial charge in [0, 0.05) is 5.56 Å².